The van der Waals surface area contributed by atoms with Crippen molar-refractivity contribution in [3.63, 3.8) is 0 Å². The summed E-state index contributed by atoms with van der Waals surface area (Å²) in [4.78, 5) is 39.7. The Kier molecular flexibility index (Phi) is 6.50. The van der Waals surface area contributed by atoms with Crippen LogP contribution in [0, 0.1) is 24.7 Å². The number of anilines is 1. The average molecular weight is 420 g/mol. The zero-order valence-corrected chi connectivity index (χ0v) is 18.0. The lowest BCUT2D eigenvalue weighted by molar-refractivity contribution is -0.156. The zero-order valence-electron chi connectivity index (χ0n) is 18.0. The average Bonchev–Trinajstić information content (AvgIpc) is 2.76. The van der Waals surface area contributed by atoms with E-state index in [2.05, 4.69) is 0 Å². The second-order valence-corrected chi connectivity index (χ2v) is 8.81. The van der Waals surface area contributed by atoms with Crippen molar-refractivity contribution in [2.24, 2.45) is 17.8 Å². The van der Waals surface area contributed by atoms with Crippen molar-refractivity contribution in [3.05, 3.63) is 65.7 Å². The van der Waals surface area contributed by atoms with Crippen molar-refractivity contribution in [2.75, 3.05) is 11.5 Å². The normalized spacial score (nSPS) is 22.6. The van der Waals surface area contributed by atoms with Gasteiger partial charge in [0, 0.05) is 17.5 Å². The summed E-state index contributed by atoms with van der Waals surface area (Å²) in [5, 5.41) is 0. The van der Waals surface area contributed by atoms with Crippen LogP contribution in [0.2, 0.25) is 0 Å². The smallest absolute Gasteiger partial charge is 0.309 e. The van der Waals surface area contributed by atoms with Crippen LogP contribution in [0.5, 0.6) is 0 Å². The monoisotopic (exact) mass is 419 g/mol. The predicted octanol–water partition coefficient (Wildman–Crippen LogP) is 4.47. The van der Waals surface area contributed by atoms with Gasteiger partial charge >= 0.3 is 5.97 Å². The SMILES string of the molecule is Cc1cccc(N(Cc2ccccc2)C(=O)COC(=O)C2C[C@@H]3CCC[C@@H](C2)C3=O)c1. The first-order chi connectivity index (χ1) is 15.0. The zero-order chi connectivity index (χ0) is 21.8. The van der Waals surface area contributed by atoms with E-state index < -0.39 is 0 Å². The van der Waals surface area contributed by atoms with Gasteiger partial charge in [0.2, 0.25) is 0 Å². The minimum absolute atomic E-state index is 0.0115. The molecule has 0 aliphatic heterocycles. The third-order valence-electron chi connectivity index (χ3n) is 6.52. The summed E-state index contributed by atoms with van der Waals surface area (Å²) in [6, 6.07) is 17.5. The Morgan fingerprint density at radius 3 is 2.39 bits per heavy atom. The van der Waals surface area contributed by atoms with E-state index in [1.807, 2.05) is 61.5 Å². The molecule has 2 bridgehead atoms. The first-order valence-electron chi connectivity index (χ1n) is 11.1. The number of carbonyl (C=O) groups excluding carboxylic acids is 3. The number of benzene rings is 2. The third-order valence-corrected chi connectivity index (χ3v) is 6.52. The van der Waals surface area contributed by atoms with Crippen molar-refractivity contribution in [2.45, 2.75) is 45.6 Å². The largest absolute Gasteiger partial charge is 0.455 e. The van der Waals surface area contributed by atoms with Gasteiger partial charge in [-0.15, -0.1) is 0 Å². The lowest BCUT2D eigenvalue weighted by Crippen LogP contribution is -2.40. The molecule has 2 aromatic rings. The van der Waals surface area contributed by atoms with Gasteiger partial charge in [0.05, 0.1) is 12.5 Å². The maximum atomic E-state index is 13.1. The number of hydrogen-bond acceptors (Lipinski definition) is 4. The second-order valence-electron chi connectivity index (χ2n) is 8.81. The molecule has 5 nitrogen and oxygen atoms in total. The number of fused-ring (bicyclic) bond motifs is 2. The molecule has 2 aliphatic rings. The Balaban J connectivity index is 1.42. The molecule has 2 aromatic carbocycles. The summed E-state index contributed by atoms with van der Waals surface area (Å²) in [5.41, 5.74) is 2.84. The molecule has 0 radical (unpaired) electrons. The Morgan fingerprint density at radius 2 is 1.71 bits per heavy atom. The Hall–Kier alpha value is -2.95. The number of aryl methyl sites for hydroxylation is 1. The summed E-state index contributed by atoms with van der Waals surface area (Å²) in [7, 11) is 0. The fourth-order valence-corrected chi connectivity index (χ4v) is 4.89. The van der Waals surface area contributed by atoms with E-state index in [1.165, 1.54) is 0 Å². The van der Waals surface area contributed by atoms with E-state index in [0.29, 0.717) is 25.2 Å². The topological polar surface area (TPSA) is 63.7 Å². The number of nitrogens with zero attached hydrogens (tertiary/aromatic N) is 1. The summed E-state index contributed by atoms with van der Waals surface area (Å²) in [5.74, 6) is -0.580. The van der Waals surface area contributed by atoms with Gasteiger partial charge in [0.15, 0.2) is 6.61 Å². The van der Waals surface area contributed by atoms with Gasteiger partial charge in [-0.3, -0.25) is 14.4 Å². The van der Waals surface area contributed by atoms with Crippen LogP contribution < -0.4 is 4.90 Å². The van der Waals surface area contributed by atoms with Crippen molar-refractivity contribution in [3.8, 4) is 0 Å². The molecule has 31 heavy (non-hydrogen) atoms. The minimum atomic E-state index is -0.346. The summed E-state index contributed by atoms with van der Waals surface area (Å²) >= 11 is 0. The minimum Gasteiger partial charge on any atom is -0.455 e. The van der Waals surface area contributed by atoms with Crippen LogP contribution in [0.1, 0.15) is 43.2 Å². The van der Waals surface area contributed by atoms with E-state index in [4.69, 9.17) is 4.74 Å². The first-order valence-corrected chi connectivity index (χ1v) is 11.1. The third kappa shape index (κ3) is 5.04. The molecule has 0 unspecified atom stereocenters. The van der Waals surface area contributed by atoms with Crippen molar-refractivity contribution < 1.29 is 19.1 Å². The summed E-state index contributed by atoms with van der Waals surface area (Å²) < 4.78 is 5.47. The fourth-order valence-electron chi connectivity index (χ4n) is 4.89. The number of esters is 1. The standard InChI is InChI=1S/C26H29NO4/c1-18-7-5-12-23(13-18)27(16-19-8-3-2-4-9-19)24(28)17-31-26(30)22-14-20-10-6-11-21(15-22)25(20)29/h2-5,7-9,12-13,20-22H,6,10-11,14-17H2,1H3/t20-,21-/m0/s1. The fraction of sp³-hybridized carbons (Fsp3) is 0.423. The van der Waals surface area contributed by atoms with Crippen LogP contribution in [-0.2, 0) is 25.7 Å². The van der Waals surface area contributed by atoms with Crippen LogP contribution >= 0.6 is 0 Å². The molecule has 0 spiro atoms. The molecule has 0 aromatic heterocycles. The van der Waals surface area contributed by atoms with Gasteiger partial charge in [-0.2, -0.15) is 0 Å². The number of ether oxygens (including phenoxy) is 1. The number of rotatable bonds is 6. The molecule has 0 saturated heterocycles. The highest BCUT2D eigenvalue weighted by molar-refractivity contribution is 5.95. The quantitative estimate of drug-likeness (QED) is 0.648. The van der Waals surface area contributed by atoms with Gasteiger partial charge in [-0.05, 0) is 55.9 Å². The van der Waals surface area contributed by atoms with Gasteiger partial charge in [0.25, 0.3) is 5.91 Å². The van der Waals surface area contributed by atoms with E-state index in [9.17, 15) is 14.4 Å². The van der Waals surface area contributed by atoms with Crippen molar-refractivity contribution in [1.29, 1.82) is 0 Å². The molecular formula is C26H29NO4. The maximum absolute atomic E-state index is 13.1. The van der Waals surface area contributed by atoms with E-state index in [0.717, 1.165) is 36.1 Å². The molecule has 162 valence electrons. The summed E-state index contributed by atoms with van der Waals surface area (Å²) in [6.07, 6.45) is 3.93. The van der Waals surface area contributed by atoms with Gasteiger partial charge in [-0.25, -0.2) is 0 Å². The number of Topliss-reactive ketones (excluding diaryl/α,β-unsaturated/α-hetero) is 1. The van der Waals surface area contributed by atoms with Gasteiger partial charge in [0.1, 0.15) is 5.78 Å². The molecule has 1 amide bonds. The molecule has 0 heterocycles. The number of ketones is 1. The second kappa shape index (κ2) is 9.46. The highest BCUT2D eigenvalue weighted by atomic mass is 16.5. The molecule has 0 N–H and O–H groups in total. The van der Waals surface area contributed by atoms with E-state index in [-0.39, 0.29) is 36.2 Å². The highest BCUT2D eigenvalue weighted by Gasteiger charge is 2.42. The van der Waals surface area contributed by atoms with Crippen LogP contribution in [0.3, 0.4) is 0 Å². The predicted molar refractivity (Wildman–Crippen MR) is 118 cm³/mol. The molecule has 2 aliphatic carbocycles. The summed E-state index contributed by atoms with van der Waals surface area (Å²) in [6.45, 7) is 2.10. The molecule has 2 saturated carbocycles. The Labute approximate surface area is 183 Å². The van der Waals surface area contributed by atoms with Crippen LogP contribution in [0.25, 0.3) is 0 Å². The molecular weight excluding hydrogens is 390 g/mol. The number of hydrogen-bond donors (Lipinski definition) is 0. The lowest BCUT2D eigenvalue weighted by Gasteiger charge is -2.36. The molecule has 2 fully saturated rings. The van der Waals surface area contributed by atoms with Crippen molar-refractivity contribution >= 4 is 23.3 Å². The first kappa shape index (κ1) is 21.3. The van der Waals surface area contributed by atoms with E-state index >= 15 is 0 Å². The van der Waals surface area contributed by atoms with Gasteiger partial charge < -0.3 is 9.64 Å². The Morgan fingerprint density at radius 1 is 1.00 bits per heavy atom. The highest BCUT2D eigenvalue weighted by Crippen LogP contribution is 2.40. The molecule has 2 atom stereocenters. The molecule has 5 heteroatoms. The number of amides is 1. The Bertz CT molecular complexity index is 939. The maximum Gasteiger partial charge on any atom is 0.309 e. The van der Waals surface area contributed by atoms with Gasteiger partial charge in [-0.1, -0.05) is 48.9 Å². The van der Waals surface area contributed by atoms with Crippen LogP contribution in [-0.4, -0.2) is 24.3 Å². The number of carbonyl (C=O) groups is 3. The van der Waals surface area contributed by atoms with Crippen LogP contribution in [0.15, 0.2) is 54.6 Å². The lowest BCUT2D eigenvalue weighted by atomic mass is 9.67. The van der Waals surface area contributed by atoms with Crippen molar-refractivity contribution in [1.82, 2.24) is 0 Å². The van der Waals surface area contributed by atoms with Crippen LogP contribution in [0.4, 0.5) is 5.69 Å². The molecule has 4 rings (SSSR count). The van der Waals surface area contributed by atoms with E-state index in [1.54, 1.807) is 4.90 Å².